The van der Waals surface area contributed by atoms with Crippen molar-refractivity contribution in [3.05, 3.63) is 0 Å². The Hall–Kier alpha value is -2.93. The van der Waals surface area contributed by atoms with Crippen molar-refractivity contribution in [2.24, 2.45) is 0 Å². The second kappa shape index (κ2) is 39.3. The van der Waals surface area contributed by atoms with Crippen LogP contribution in [0.4, 0.5) is 4.79 Å². The Kier molecular flexibility index (Phi) is 37.5. The van der Waals surface area contributed by atoms with Crippen LogP contribution in [0, 0.1) is 0 Å². The smallest absolute Gasteiger partial charge is 0.408 e. The molecule has 1 unspecified atom stereocenters. The first-order valence-corrected chi connectivity index (χ1v) is 25.5. The Bertz CT molecular complexity index is 1200. The van der Waals surface area contributed by atoms with Crippen LogP contribution in [0.1, 0.15) is 235 Å². The molecule has 13 nitrogen and oxygen atoms in total. The molecular weight excluding hydrogens is 817 g/mol. The number of amides is 2. The van der Waals surface area contributed by atoms with E-state index in [1.54, 1.807) is 20.8 Å². The number of hydrogen-bond acceptors (Lipinski definition) is 11. The van der Waals surface area contributed by atoms with E-state index < -0.39 is 53.3 Å². The number of nitrogens with one attached hydrogen (secondary N) is 2. The predicted octanol–water partition coefficient (Wildman–Crippen LogP) is 11.8. The van der Waals surface area contributed by atoms with Gasteiger partial charge in [-0.05, 0) is 54.4 Å². The molecule has 0 aromatic heterocycles. The molecule has 64 heavy (non-hydrogen) atoms. The van der Waals surface area contributed by atoms with Crippen LogP contribution >= 0.6 is 0 Å². The summed E-state index contributed by atoms with van der Waals surface area (Å²) in [5.74, 6) is -2.29. The Morgan fingerprint density at radius 2 is 0.891 bits per heavy atom. The lowest BCUT2D eigenvalue weighted by molar-refractivity contribution is -0.163. The molecule has 2 amide bonds. The second-order valence-electron chi connectivity index (χ2n) is 19.5. The SMILES string of the molecule is CCCCCCCCCCCCCCCC(=O)OC[C@H](COCC(NC(=O)OC(C)(C)C)C(=O)N[C@@H](COC(C)(C)C)C(=O)OC)OC(=O)CCCCCCCCCCCCCCC. The van der Waals surface area contributed by atoms with Gasteiger partial charge in [0, 0.05) is 12.8 Å². The monoisotopic (exact) mass is 913 g/mol. The maximum absolute atomic E-state index is 13.6. The van der Waals surface area contributed by atoms with Crippen LogP contribution in [-0.4, -0.2) is 92.8 Å². The van der Waals surface area contributed by atoms with Crippen molar-refractivity contribution < 1.29 is 52.4 Å². The standard InChI is InChI=1S/C51H96N2O11/c1-10-12-14-16-18-20-22-24-26-28-30-32-34-36-45(54)61-39-42(63-46(55)37-35-33-31-29-27-25-23-21-19-17-15-13-11-2)38-60-40-43(53-49(58)64-51(6,7)8)47(56)52-44(48(57)59-9)41-62-50(3,4)5/h42-44H,10-41H2,1-9H3,(H,52,56)(H,53,58)/t42-,43?,44-/m0/s1. The fourth-order valence-corrected chi connectivity index (χ4v) is 7.06. The van der Waals surface area contributed by atoms with Gasteiger partial charge in [0.1, 0.15) is 18.2 Å². The first kappa shape index (κ1) is 61.1. The number of carbonyl (C=O) groups is 5. The summed E-state index contributed by atoms with van der Waals surface area (Å²) in [6.45, 7) is 14.0. The minimum absolute atomic E-state index is 0.177. The highest BCUT2D eigenvalue weighted by molar-refractivity contribution is 5.89. The zero-order chi connectivity index (χ0) is 47.9. The van der Waals surface area contributed by atoms with E-state index in [2.05, 4.69) is 24.5 Å². The zero-order valence-electron chi connectivity index (χ0n) is 42.4. The maximum atomic E-state index is 13.6. The molecule has 376 valence electrons. The van der Waals surface area contributed by atoms with E-state index in [4.69, 9.17) is 28.4 Å². The van der Waals surface area contributed by atoms with Gasteiger partial charge in [0.25, 0.3) is 0 Å². The van der Waals surface area contributed by atoms with Crippen molar-refractivity contribution >= 4 is 29.9 Å². The van der Waals surface area contributed by atoms with Crippen LogP contribution < -0.4 is 10.6 Å². The minimum Gasteiger partial charge on any atom is -0.467 e. The van der Waals surface area contributed by atoms with Crippen molar-refractivity contribution in [2.45, 2.75) is 265 Å². The van der Waals surface area contributed by atoms with Gasteiger partial charge in [-0.3, -0.25) is 14.4 Å². The van der Waals surface area contributed by atoms with Gasteiger partial charge in [-0.2, -0.15) is 0 Å². The summed E-state index contributed by atoms with van der Waals surface area (Å²) in [4.78, 5) is 64.8. The van der Waals surface area contributed by atoms with Gasteiger partial charge in [0.05, 0.1) is 32.5 Å². The number of methoxy groups -OCH3 is 1. The number of ether oxygens (including phenoxy) is 6. The average molecular weight is 913 g/mol. The van der Waals surface area contributed by atoms with Crippen molar-refractivity contribution in [2.75, 3.05) is 33.5 Å². The van der Waals surface area contributed by atoms with E-state index >= 15 is 0 Å². The molecular formula is C51H96N2O11. The lowest BCUT2D eigenvalue weighted by Gasteiger charge is -2.27. The highest BCUT2D eigenvalue weighted by atomic mass is 16.6. The summed E-state index contributed by atoms with van der Waals surface area (Å²) >= 11 is 0. The van der Waals surface area contributed by atoms with Crippen molar-refractivity contribution in [3.63, 3.8) is 0 Å². The van der Waals surface area contributed by atoms with Crippen LogP contribution in [0.5, 0.6) is 0 Å². The normalized spacial score (nSPS) is 13.1. The molecule has 0 radical (unpaired) electrons. The Balaban J connectivity index is 5.30. The molecule has 13 heteroatoms. The van der Waals surface area contributed by atoms with Crippen LogP contribution in [0.15, 0.2) is 0 Å². The molecule has 0 fully saturated rings. The molecule has 0 heterocycles. The topological polar surface area (TPSA) is 165 Å². The van der Waals surface area contributed by atoms with E-state index in [-0.39, 0.29) is 45.2 Å². The molecule has 0 saturated heterocycles. The molecule has 3 atom stereocenters. The summed E-state index contributed by atoms with van der Waals surface area (Å²) in [7, 11) is 1.20. The summed E-state index contributed by atoms with van der Waals surface area (Å²) < 4.78 is 33.2. The van der Waals surface area contributed by atoms with Crippen LogP contribution in [0.3, 0.4) is 0 Å². The molecule has 0 aliphatic rings. The minimum atomic E-state index is -1.32. The van der Waals surface area contributed by atoms with E-state index in [0.29, 0.717) is 6.42 Å². The first-order chi connectivity index (χ1) is 30.5. The quantitative estimate of drug-likeness (QED) is 0.0341. The van der Waals surface area contributed by atoms with E-state index in [9.17, 15) is 24.0 Å². The first-order valence-electron chi connectivity index (χ1n) is 25.5. The van der Waals surface area contributed by atoms with E-state index in [1.807, 2.05) is 20.8 Å². The number of esters is 3. The van der Waals surface area contributed by atoms with Gasteiger partial charge in [-0.1, -0.05) is 168 Å². The molecule has 2 N–H and O–H groups in total. The van der Waals surface area contributed by atoms with Gasteiger partial charge < -0.3 is 39.1 Å². The summed E-state index contributed by atoms with van der Waals surface area (Å²) in [5, 5.41) is 5.10. The Labute approximate surface area is 390 Å². The van der Waals surface area contributed by atoms with Gasteiger partial charge in [0.2, 0.25) is 5.91 Å². The molecule has 0 saturated carbocycles. The van der Waals surface area contributed by atoms with E-state index in [0.717, 1.165) is 44.9 Å². The molecule has 0 bridgehead atoms. The van der Waals surface area contributed by atoms with Crippen LogP contribution in [0.2, 0.25) is 0 Å². The summed E-state index contributed by atoms with van der Waals surface area (Å²) in [5.41, 5.74) is -1.46. The van der Waals surface area contributed by atoms with Crippen molar-refractivity contribution in [1.29, 1.82) is 0 Å². The van der Waals surface area contributed by atoms with Crippen molar-refractivity contribution in [3.8, 4) is 0 Å². The molecule has 0 rings (SSSR count). The second-order valence-corrected chi connectivity index (χ2v) is 19.5. The fourth-order valence-electron chi connectivity index (χ4n) is 7.06. The highest BCUT2D eigenvalue weighted by Gasteiger charge is 2.31. The lowest BCUT2D eigenvalue weighted by Crippen LogP contribution is -2.55. The predicted molar refractivity (Wildman–Crippen MR) is 255 cm³/mol. The molecule has 0 aromatic rings. The highest BCUT2D eigenvalue weighted by Crippen LogP contribution is 2.16. The molecule has 0 aliphatic heterocycles. The average Bonchev–Trinajstić information content (AvgIpc) is 3.22. The summed E-state index contributed by atoms with van der Waals surface area (Å²) in [6.07, 6.45) is 29.8. The number of carbonyl (C=O) groups excluding carboxylic acids is 5. The van der Waals surface area contributed by atoms with Crippen LogP contribution in [-0.2, 0) is 47.6 Å². The third-order valence-corrected chi connectivity index (χ3v) is 10.8. The van der Waals surface area contributed by atoms with Gasteiger partial charge >= 0.3 is 24.0 Å². The summed E-state index contributed by atoms with van der Waals surface area (Å²) in [6, 6.07) is -2.50. The van der Waals surface area contributed by atoms with E-state index in [1.165, 1.54) is 123 Å². The maximum Gasteiger partial charge on any atom is 0.408 e. The number of rotatable bonds is 41. The number of unbranched alkanes of at least 4 members (excludes halogenated alkanes) is 24. The number of hydrogen-bond donors (Lipinski definition) is 2. The van der Waals surface area contributed by atoms with Gasteiger partial charge in [-0.25, -0.2) is 9.59 Å². The van der Waals surface area contributed by atoms with Crippen molar-refractivity contribution in [1.82, 2.24) is 10.6 Å². The van der Waals surface area contributed by atoms with Gasteiger partial charge in [0.15, 0.2) is 12.1 Å². The van der Waals surface area contributed by atoms with Gasteiger partial charge in [-0.15, -0.1) is 0 Å². The number of alkyl carbamates (subject to hydrolysis) is 1. The molecule has 0 aromatic carbocycles. The Morgan fingerprint density at radius 1 is 0.469 bits per heavy atom. The zero-order valence-corrected chi connectivity index (χ0v) is 42.4. The van der Waals surface area contributed by atoms with Crippen LogP contribution in [0.25, 0.3) is 0 Å². The largest absolute Gasteiger partial charge is 0.467 e. The molecule has 0 spiro atoms. The third kappa shape index (κ3) is 39.4. The molecule has 0 aliphatic carbocycles. The lowest BCUT2D eigenvalue weighted by atomic mass is 10.0. The fraction of sp³-hybridized carbons (Fsp3) is 0.902. The third-order valence-electron chi connectivity index (χ3n) is 10.8. The Morgan fingerprint density at radius 3 is 1.30 bits per heavy atom.